The number of fused-ring (bicyclic) bond motifs is 4. The summed E-state index contributed by atoms with van der Waals surface area (Å²) in [5, 5.41) is 8.92. The van der Waals surface area contributed by atoms with Gasteiger partial charge in [0.05, 0.1) is 5.02 Å². The van der Waals surface area contributed by atoms with Crippen molar-refractivity contribution in [1.29, 1.82) is 0 Å². The van der Waals surface area contributed by atoms with Gasteiger partial charge in [0.1, 0.15) is 11.7 Å². The van der Waals surface area contributed by atoms with Crippen LogP contribution in [0.25, 0.3) is 30.9 Å². The minimum atomic E-state index is -0.379. The van der Waals surface area contributed by atoms with Crippen molar-refractivity contribution >= 4 is 65.6 Å². The molecule has 1 aliphatic heterocycles. The van der Waals surface area contributed by atoms with Crippen LogP contribution in [-0.2, 0) is 0 Å². The lowest BCUT2D eigenvalue weighted by Gasteiger charge is -2.23. The fourth-order valence-corrected chi connectivity index (χ4v) is 6.15. The van der Waals surface area contributed by atoms with Crippen molar-refractivity contribution in [1.82, 2.24) is 5.32 Å². The molecule has 0 bridgehead atoms. The summed E-state index contributed by atoms with van der Waals surface area (Å²) in [6, 6.07) is 37.6. The van der Waals surface area contributed by atoms with Crippen LogP contribution in [0.1, 0.15) is 22.9 Å². The third-order valence-electron chi connectivity index (χ3n) is 6.58. The standard InChI is InChI=1S/C31H20ClN3S/c32-26-17-24-23-12-6-7-13-27(23)36-28(24)18-25(26)31-34-29(20-9-2-1-3-10-20)33-30(35-31)22-15-14-19-8-4-5-11-21(19)16-22/h1-18,30H,(H,33,34,35). The Labute approximate surface area is 217 Å². The maximum Gasteiger partial charge on any atom is 0.169 e. The van der Waals surface area contributed by atoms with Crippen molar-refractivity contribution in [2.45, 2.75) is 6.17 Å². The van der Waals surface area contributed by atoms with E-state index in [-0.39, 0.29) is 6.17 Å². The topological polar surface area (TPSA) is 36.8 Å². The number of aliphatic imine (C=N–C) groups is 2. The molecule has 0 amide bonds. The van der Waals surface area contributed by atoms with Crippen LogP contribution in [-0.4, -0.2) is 11.7 Å². The van der Waals surface area contributed by atoms with E-state index in [2.05, 4.69) is 96.3 Å². The number of nitrogens with one attached hydrogen (secondary N) is 1. The quantitative estimate of drug-likeness (QED) is 0.260. The Morgan fingerprint density at radius 3 is 2.28 bits per heavy atom. The first kappa shape index (κ1) is 21.3. The van der Waals surface area contributed by atoms with Crippen molar-refractivity contribution < 1.29 is 0 Å². The molecule has 1 N–H and O–H groups in total. The zero-order chi connectivity index (χ0) is 24.1. The van der Waals surface area contributed by atoms with Gasteiger partial charge in [-0.1, -0.05) is 96.5 Å². The second-order valence-corrected chi connectivity index (χ2v) is 10.3. The van der Waals surface area contributed by atoms with Crippen LogP contribution in [0.2, 0.25) is 5.02 Å². The minimum absolute atomic E-state index is 0.379. The normalized spacial score (nSPS) is 15.6. The first-order valence-electron chi connectivity index (χ1n) is 11.8. The first-order chi connectivity index (χ1) is 17.7. The predicted molar refractivity (Wildman–Crippen MR) is 154 cm³/mol. The van der Waals surface area contributed by atoms with Gasteiger partial charge >= 0.3 is 0 Å². The SMILES string of the molecule is Clc1cc2c(cc1C1=NC(c3ccc4ccccc4c3)N=C(c3ccccc3)N1)sc1ccccc12. The summed E-state index contributed by atoms with van der Waals surface area (Å²) in [6.07, 6.45) is -0.379. The maximum atomic E-state index is 6.90. The largest absolute Gasteiger partial charge is 0.324 e. The van der Waals surface area contributed by atoms with Gasteiger partial charge in [-0.05, 0) is 40.6 Å². The predicted octanol–water partition coefficient (Wildman–Crippen LogP) is 8.36. The molecule has 5 heteroatoms. The first-order valence-corrected chi connectivity index (χ1v) is 13.0. The van der Waals surface area contributed by atoms with E-state index in [9.17, 15) is 0 Å². The van der Waals surface area contributed by atoms with E-state index in [1.807, 2.05) is 18.2 Å². The smallest absolute Gasteiger partial charge is 0.169 e. The van der Waals surface area contributed by atoms with Crippen LogP contribution < -0.4 is 5.32 Å². The molecule has 0 fully saturated rings. The molecule has 2 heterocycles. The van der Waals surface area contributed by atoms with E-state index in [0.717, 1.165) is 28.4 Å². The zero-order valence-corrected chi connectivity index (χ0v) is 20.7. The molecule has 0 spiro atoms. The lowest BCUT2D eigenvalue weighted by atomic mass is 10.0. The summed E-state index contributed by atoms with van der Waals surface area (Å²) in [4.78, 5) is 10.1. The van der Waals surface area contributed by atoms with E-state index in [0.29, 0.717) is 5.02 Å². The van der Waals surface area contributed by atoms with Gasteiger partial charge in [0.15, 0.2) is 6.17 Å². The molecule has 1 aromatic heterocycles. The molecule has 5 aromatic carbocycles. The molecule has 0 aliphatic carbocycles. The summed E-state index contributed by atoms with van der Waals surface area (Å²) < 4.78 is 2.44. The van der Waals surface area contributed by atoms with Crippen LogP contribution in [0.3, 0.4) is 0 Å². The number of amidine groups is 2. The number of hydrogen-bond donors (Lipinski definition) is 1. The van der Waals surface area contributed by atoms with Crippen LogP contribution in [0, 0.1) is 0 Å². The van der Waals surface area contributed by atoms with Gasteiger partial charge in [0.25, 0.3) is 0 Å². The van der Waals surface area contributed by atoms with Crippen LogP contribution in [0.15, 0.2) is 119 Å². The van der Waals surface area contributed by atoms with Gasteiger partial charge in [0, 0.05) is 31.3 Å². The maximum absolute atomic E-state index is 6.90. The van der Waals surface area contributed by atoms with Gasteiger partial charge < -0.3 is 5.32 Å². The second-order valence-electron chi connectivity index (χ2n) is 8.85. The van der Waals surface area contributed by atoms with Gasteiger partial charge in [-0.3, -0.25) is 0 Å². The van der Waals surface area contributed by atoms with E-state index >= 15 is 0 Å². The molecule has 0 saturated carbocycles. The van der Waals surface area contributed by atoms with Crippen LogP contribution >= 0.6 is 22.9 Å². The third kappa shape index (κ3) is 3.67. The molecular weight excluding hydrogens is 482 g/mol. The highest BCUT2D eigenvalue weighted by Crippen LogP contribution is 2.37. The van der Waals surface area contributed by atoms with Crippen molar-refractivity contribution in [3.8, 4) is 0 Å². The van der Waals surface area contributed by atoms with Gasteiger partial charge in [-0.15, -0.1) is 11.3 Å². The molecular formula is C31H20ClN3S. The number of rotatable bonds is 3. The van der Waals surface area contributed by atoms with E-state index in [1.54, 1.807) is 11.3 Å². The van der Waals surface area contributed by atoms with Crippen molar-refractivity contribution in [2.24, 2.45) is 9.98 Å². The van der Waals surface area contributed by atoms with Crippen molar-refractivity contribution in [3.05, 3.63) is 131 Å². The highest BCUT2D eigenvalue weighted by atomic mass is 35.5. The Hall–Kier alpha value is -3.99. The Morgan fingerprint density at radius 1 is 0.639 bits per heavy atom. The molecule has 3 nitrogen and oxygen atoms in total. The summed E-state index contributed by atoms with van der Waals surface area (Å²) in [5.41, 5.74) is 2.93. The monoisotopic (exact) mass is 501 g/mol. The van der Waals surface area contributed by atoms with Crippen LogP contribution in [0.4, 0.5) is 0 Å². The lowest BCUT2D eigenvalue weighted by Crippen LogP contribution is -2.36. The molecule has 172 valence electrons. The Kier molecular flexibility index (Phi) is 5.09. The highest BCUT2D eigenvalue weighted by Gasteiger charge is 2.23. The molecule has 36 heavy (non-hydrogen) atoms. The molecule has 0 saturated heterocycles. The number of benzene rings is 5. The highest BCUT2D eigenvalue weighted by molar-refractivity contribution is 7.25. The molecule has 1 unspecified atom stereocenters. The molecule has 0 radical (unpaired) electrons. The average molecular weight is 502 g/mol. The molecule has 1 aliphatic rings. The Morgan fingerprint density at radius 2 is 1.39 bits per heavy atom. The number of thiophene rings is 1. The molecule has 6 aromatic rings. The van der Waals surface area contributed by atoms with E-state index < -0.39 is 0 Å². The van der Waals surface area contributed by atoms with E-state index in [1.165, 1.54) is 30.9 Å². The second kappa shape index (κ2) is 8.59. The minimum Gasteiger partial charge on any atom is -0.324 e. The lowest BCUT2D eigenvalue weighted by molar-refractivity contribution is 0.757. The van der Waals surface area contributed by atoms with Crippen molar-refractivity contribution in [2.75, 3.05) is 0 Å². The molecule has 1 atom stereocenters. The number of hydrogen-bond acceptors (Lipinski definition) is 4. The summed E-state index contributed by atoms with van der Waals surface area (Å²) >= 11 is 8.68. The van der Waals surface area contributed by atoms with E-state index in [4.69, 9.17) is 21.6 Å². The Balaban J connectivity index is 1.39. The van der Waals surface area contributed by atoms with Gasteiger partial charge in [-0.25, -0.2) is 9.98 Å². The fraction of sp³-hybridized carbons (Fsp3) is 0.0323. The summed E-state index contributed by atoms with van der Waals surface area (Å²) in [7, 11) is 0. The summed E-state index contributed by atoms with van der Waals surface area (Å²) in [6.45, 7) is 0. The molecule has 7 rings (SSSR count). The van der Waals surface area contributed by atoms with Gasteiger partial charge in [0.2, 0.25) is 0 Å². The number of nitrogens with zero attached hydrogens (tertiary/aromatic N) is 2. The van der Waals surface area contributed by atoms with Crippen molar-refractivity contribution in [3.63, 3.8) is 0 Å². The number of halogens is 1. The Bertz CT molecular complexity index is 1840. The van der Waals surface area contributed by atoms with Gasteiger partial charge in [-0.2, -0.15) is 0 Å². The summed E-state index contributed by atoms with van der Waals surface area (Å²) in [5.74, 6) is 1.51. The van der Waals surface area contributed by atoms with Crippen LogP contribution in [0.5, 0.6) is 0 Å². The average Bonchev–Trinajstić information content (AvgIpc) is 3.30. The third-order valence-corrected chi connectivity index (χ3v) is 8.03. The zero-order valence-electron chi connectivity index (χ0n) is 19.2. The fourth-order valence-electron chi connectivity index (χ4n) is 4.77.